The number of rotatable bonds is 5. The number of carbonyl (C=O) groups excluding carboxylic acids is 2. The van der Waals surface area contributed by atoms with Gasteiger partial charge in [0.2, 0.25) is 0 Å². The van der Waals surface area contributed by atoms with Gasteiger partial charge in [-0.2, -0.15) is 0 Å². The van der Waals surface area contributed by atoms with Crippen LogP contribution in [0.15, 0.2) is 42.5 Å². The van der Waals surface area contributed by atoms with E-state index in [2.05, 4.69) is 5.32 Å². The summed E-state index contributed by atoms with van der Waals surface area (Å²) in [5.41, 5.74) is 1.97. The van der Waals surface area contributed by atoms with Gasteiger partial charge in [-0.25, -0.2) is 4.79 Å². The molecular formula is C18H17Cl2NO3. The first-order valence-electron chi connectivity index (χ1n) is 7.35. The van der Waals surface area contributed by atoms with E-state index in [1.807, 2.05) is 6.07 Å². The maximum absolute atomic E-state index is 12.0. The molecule has 0 unspecified atom stereocenters. The SMILES string of the molecule is Cc1ccccc1C(=O)OCC(=O)N[C@H](C)c1ccc(Cl)cc1Cl. The largest absolute Gasteiger partial charge is 0.452 e. The zero-order chi connectivity index (χ0) is 17.7. The second-order valence-electron chi connectivity index (χ2n) is 5.35. The number of esters is 1. The number of hydrogen-bond acceptors (Lipinski definition) is 3. The van der Waals surface area contributed by atoms with Crippen LogP contribution in [0.1, 0.15) is 34.5 Å². The number of hydrogen-bond donors (Lipinski definition) is 1. The highest BCUT2D eigenvalue weighted by Gasteiger charge is 2.16. The molecule has 0 aromatic heterocycles. The second-order valence-corrected chi connectivity index (χ2v) is 6.19. The molecule has 2 rings (SSSR count). The van der Waals surface area contributed by atoms with Gasteiger partial charge < -0.3 is 10.1 Å². The summed E-state index contributed by atoms with van der Waals surface area (Å²) in [7, 11) is 0. The monoisotopic (exact) mass is 365 g/mol. The fourth-order valence-electron chi connectivity index (χ4n) is 2.22. The van der Waals surface area contributed by atoms with Gasteiger partial charge >= 0.3 is 5.97 Å². The van der Waals surface area contributed by atoms with Crippen molar-refractivity contribution < 1.29 is 14.3 Å². The summed E-state index contributed by atoms with van der Waals surface area (Å²) in [5, 5.41) is 3.72. The molecule has 0 radical (unpaired) electrons. The Bertz CT molecular complexity index is 762. The van der Waals surface area contributed by atoms with Gasteiger partial charge in [0, 0.05) is 10.0 Å². The minimum atomic E-state index is -0.527. The molecule has 2 aromatic carbocycles. The van der Waals surface area contributed by atoms with Crippen molar-refractivity contribution in [3.05, 3.63) is 69.2 Å². The van der Waals surface area contributed by atoms with Crippen LogP contribution in [0.5, 0.6) is 0 Å². The molecule has 1 amide bonds. The highest BCUT2D eigenvalue weighted by atomic mass is 35.5. The Morgan fingerprint density at radius 3 is 2.54 bits per heavy atom. The molecule has 0 spiro atoms. The number of nitrogens with one attached hydrogen (secondary N) is 1. The molecule has 0 saturated heterocycles. The van der Waals surface area contributed by atoms with Crippen LogP contribution in [0, 0.1) is 6.92 Å². The molecule has 6 heteroatoms. The van der Waals surface area contributed by atoms with Crippen molar-refractivity contribution in [2.75, 3.05) is 6.61 Å². The fourth-order valence-corrected chi connectivity index (χ4v) is 2.80. The van der Waals surface area contributed by atoms with Crippen LogP contribution in [-0.4, -0.2) is 18.5 Å². The Morgan fingerprint density at radius 1 is 1.17 bits per heavy atom. The van der Waals surface area contributed by atoms with E-state index in [-0.39, 0.29) is 12.6 Å². The lowest BCUT2D eigenvalue weighted by Gasteiger charge is -2.16. The third-order valence-corrected chi connectivity index (χ3v) is 4.07. The highest BCUT2D eigenvalue weighted by Crippen LogP contribution is 2.26. The van der Waals surface area contributed by atoms with Crippen LogP contribution in [0.25, 0.3) is 0 Å². The van der Waals surface area contributed by atoms with Crippen molar-refractivity contribution in [3.63, 3.8) is 0 Å². The summed E-state index contributed by atoms with van der Waals surface area (Å²) < 4.78 is 5.05. The Hall–Kier alpha value is -2.04. The van der Waals surface area contributed by atoms with Gasteiger partial charge in [-0.1, -0.05) is 47.5 Å². The molecular weight excluding hydrogens is 349 g/mol. The van der Waals surface area contributed by atoms with E-state index in [4.69, 9.17) is 27.9 Å². The molecule has 0 aliphatic carbocycles. The van der Waals surface area contributed by atoms with Gasteiger partial charge in [0.05, 0.1) is 11.6 Å². The summed E-state index contributed by atoms with van der Waals surface area (Å²) in [6.07, 6.45) is 0. The van der Waals surface area contributed by atoms with E-state index in [0.29, 0.717) is 15.6 Å². The zero-order valence-electron chi connectivity index (χ0n) is 13.3. The number of aryl methyl sites for hydroxylation is 1. The van der Waals surface area contributed by atoms with E-state index >= 15 is 0 Å². The van der Waals surface area contributed by atoms with Gasteiger partial charge in [0.15, 0.2) is 6.61 Å². The third-order valence-electron chi connectivity index (χ3n) is 3.51. The average Bonchev–Trinajstić information content (AvgIpc) is 2.52. The molecule has 0 saturated carbocycles. The van der Waals surface area contributed by atoms with E-state index < -0.39 is 11.9 Å². The molecule has 1 atom stereocenters. The Balaban J connectivity index is 1.91. The molecule has 126 valence electrons. The lowest BCUT2D eigenvalue weighted by molar-refractivity contribution is -0.124. The molecule has 0 fully saturated rings. The van der Waals surface area contributed by atoms with Crippen molar-refractivity contribution in [2.45, 2.75) is 19.9 Å². The predicted octanol–water partition coefficient (Wildman–Crippen LogP) is 4.34. The van der Waals surface area contributed by atoms with Crippen LogP contribution in [0.2, 0.25) is 10.0 Å². The summed E-state index contributed by atoms with van der Waals surface area (Å²) in [5.74, 6) is -0.934. The summed E-state index contributed by atoms with van der Waals surface area (Å²) in [4.78, 5) is 23.9. The van der Waals surface area contributed by atoms with Crippen LogP contribution in [0.4, 0.5) is 0 Å². The first kappa shape index (κ1) is 18.3. The normalized spacial score (nSPS) is 11.7. The average molecular weight is 366 g/mol. The zero-order valence-corrected chi connectivity index (χ0v) is 14.8. The molecule has 0 heterocycles. The van der Waals surface area contributed by atoms with E-state index in [1.54, 1.807) is 50.2 Å². The molecule has 4 nitrogen and oxygen atoms in total. The quantitative estimate of drug-likeness (QED) is 0.801. The maximum atomic E-state index is 12.0. The molecule has 2 aromatic rings. The lowest BCUT2D eigenvalue weighted by Crippen LogP contribution is -2.31. The first-order valence-corrected chi connectivity index (χ1v) is 8.11. The first-order chi connectivity index (χ1) is 11.4. The second kappa shape index (κ2) is 8.18. The standard InChI is InChI=1S/C18H17Cl2NO3/c1-11-5-3-4-6-14(11)18(23)24-10-17(22)21-12(2)15-8-7-13(19)9-16(15)20/h3-9,12H,10H2,1-2H3,(H,21,22)/t12-/m1/s1. The van der Waals surface area contributed by atoms with Crippen LogP contribution in [0.3, 0.4) is 0 Å². The van der Waals surface area contributed by atoms with Crippen LogP contribution < -0.4 is 5.32 Å². The number of carbonyl (C=O) groups is 2. The number of amides is 1. The Labute approximate surface area is 150 Å². The van der Waals surface area contributed by atoms with Crippen molar-refractivity contribution in [2.24, 2.45) is 0 Å². The minimum Gasteiger partial charge on any atom is -0.452 e. The topological polar surface area (TPSA) is 55.4 Å². The highest BCUT2D eigenvalue weighted by molar-refractivity contribution is 6.35. The molecule has 24 heavy (non-hydrogen) atoms. The van der Waals surface area contributed by atoms with Crippen molar-refractivity contribution in [1.29, 1.82) is 0 Å². The summed E-state index contributed by atoms with van der Waals surface area (Å²) in [6, 6.07) is 11.8. The Kier molecular flexibility index (Phi) is 6.23. The van der Waals surface area contributed by atoms with Crippen LogP contribution >= 0.6 is 23.2 Å². The molecule has 0 bridgehead atoms. The van der Waals surface area contributed by atoms with Gasteiger partial charge in [-0.3, -0.25) is 4.79 Å². The van der Waals surface area contributed by atoms with Gasteiger partial charge in [-0.05, 0) is 43.2 Å². The maximum Gasteiger partial charge on any atom is 0.338 e. The van der Waals surface area contributed by atoms with E-state index in [1.165, 1.54) is 0 Å². The third kappa shape index (κ3) is 4.73. The van der Waals surface area contributed by atoms with Crippen molar-refractivity contribution in [1.82, 2.24) is 5.32 Å². The fraction of sp³-hybridized carbons (Fsp3) is 0.222. The summed E-state index contributed by atoms with van der Waals surface area (Å²) >= 11 is 12.0. The predicted molar refractivity (Wildman–Crippen MR) is 94.5 cm³/mol. The Morgan fingerprint density at radius 2 is 1.88 bits per heavy atom. The van der Waals surface area contributed by atoms with Gasteiger partial charge in [0.25, 0.3) is 5.91 Å². The van der Waals surface area contributed by atoms with E-state index in [9.17, 15) is 9.59 Å². The molecule has 0 aliphatic rings. The number of ether oxygens (including phenoxy) is 1. The van der Waals surface area contributed by atoms with Crippen molar-refractivity contribution >= 4 is 35.1 Å². The number of benzene rings is 2. The van der Waals surface area contributed by atoms with Gasteiger partial charge in [-0.15, -0.1) is 0 Å². The minimum absolute atomic E-state index is 0.334. The lowest BCUT2D eigenvalue weighted by atomic mass is 10.1. The van der Waals surface area contributed by atoms with Crippen molar-refractivity contribution in [3.8, 4) is 0 Å². The van der Waals surface area contributed by atoms with Crippen LogP contribution in [-0.2, 0) is 9.53 Å². The smallest absolute Gasteiger partial charge is 0.338 e. The van der Waals surface area contributed by atoms with Gasteiger partial charge in [0.1, 0.15) is 0 Å². The van der Waals surface area contributed by atoms with E-state index in [0.717, 1.165) is 11.1 Å². The summed E-state index contributed by atoms with van der Waals surface area (Å²) in [6.45, 7) is 3.24. The molecule has 0 aliphatic heterocycles. The number of halogens is 2. The molecule has 1 N–H and O–H groups in total.